The zero-order chi connectivity index (χ0) is 12.1. The van der Waals surface area contributed by atoms with Gasteiger partial charge in [0.1, 0.15) is 0 Å². The van der Waals surface area contributed by atoms with Crippen LogP contribution in [0.4, 0.5) is 0 Å². The first-order valence-corrected chi connectivity index (χ1v) is 7.00. The van der Waals surface area contributed by atoms with Crippen LogP contribution < -0.4 is 5.32 Å². The van der Waals surface area contributed by atoms with Gasteiger partial charge < -0.3 is 5.32 Å². The molecule has 0 aromatic heterocycles. The smallest absolute Gasteiger partial charge is 0.0133 e. The van der Waals surface area contributed by atoms with Gasteiger partial charge in [-0.1, -0.05) is 50.1 Å². The molecule has 1 fully saturated rings. The Bertz CT molecular complexity index is 312. The van der Waals surface area contributed by atoms with Crippen molar-refractivity contribution in [3.05, 3.63) is 35.9 Å². The lowest BCUT2D eigenvalue weighted by molar-refractivity contribution is 0.235. The van der Waals surface area contributed by atoms with Crippen LogP contribution in [0.1, 0.15) is 38.2 Å². The van der Waals surface area contributed by atoms with E-state index >= 15 is 0 Å². The molecule has 17 heavy (non-hydrogen) atoms. The maximum Gasteiger partial charge on any atom is 0.0133 e. The number of nitrogens with one attached hydrogen (secondary N) is 1. The van der Waals surface area contributed by atoms with Crippen LogP contribution in [0.2, 0.25) is 0 Å². The first-order chi connectivity index (χ1) is 8.29. The standard InChI is InChI=1S/C16H25N/c1-13-8-10-15(11-9-13)16(17-2)12-14-6-4-3-5-7-14/h3-7,13,15-17H,8-12H2,1-2H3. The highest BCUT2D eigenvalue weighted by molar-refractivity contribution is 5.16. The minimum Gasteiger partial charge on any atom is -0.316 e. The van der Waals surface area contributed by atoms with E-state index in [4.69, 9.17) is 0 Å². The molecule has 0 saturated heterocycles. The molecule has 1 unspecified atom stereocenters. The molecular formula is C16H25N. The van der Waals surface area contributed by atoms with Crippen LogP contribution in [-0.4, -0.2) is 13.1 Å². The van der Waals surface area contributed by atoms with Crippen molar-refractivity contribution in [3.63, 3.8) is 0 Å². The van der Waals surface area contributed by atoms with Gasteiger partial charge in [-0.2, -0.15) is 0 Å². The highest BCUT2D eigenvalue weighted by atomic mass is 14.9. The Morgan fingerprint density at radius 2 is 1.76 bits per heavy atom. The Morgan fingerprint density at radius 1 is 1.12 bits per heavy atom. The topological polar surface area (TPSA) is 12.0 Å². The Balaban J connectivity index is 1.92. The minimum absolute atomic E-state index is 0.657. The predicted molar refractivity (Wildman–Crippen MR) is 74.1 cm³/mol. The molecule has 1 aromatic rings. The van der Waals surface area contributed by atoms with Crippen molar-refractivity contribution in [2.75, 3.05) is 7.05 Å². The molecule has 1 aliphatic carbocycles. The molecule has 1 aliphatic rings. The molecule has 94 valence electrons. The molecular weight excluding hydrogens is 206 g/mol. The number of rotatable bonds is 4. The third kappa shape index (κ3) is 3.57. The van der Waals surface area contributed by atoms with E-state index in [1.54, 1.807) is 0 Å². The van der Waals surface area contributed by atoms with Crippen molar-refractivity contribution in [2.24, 2.45) is 11.8 Å². The molecule has 1 saturated carbocycles. The van der Waals surface area contributed by atoms with E-state index in [0.717, 1.165) is 11.8 Å². The summed E-state index contributed by atoms with van der Waals surface area (Å²) in [6.45, 7) is 2.39. The number of likely N-dealkylation sites (N-methyl/N-ethyl adjacent to an activating group) is 1. The van der Waals surface area contributed by atoms with Crippen LogP contribution in [0.3, 0.4) is 0 Å². The van der Waals surface area contributed by atoms with Crippen LogP contribution in [-0.2, 0) is 6.42 Å². The van der Waals surface area contributed by atoms with E-state index in [1.807, 2.05) is 0 Å². The molecule has 1 N–H and O–H groups in total. The van der Waals surface area contributed by atoms with Crippen molar-refractivity contribution >= 4 is 0 Å². The minimum atomic E-state index is 0.657. The summed E-state index contributed by atoms with van der Waals surface area (Å²) in [6.07, 6.45) is 6.81. The SMILES string of the molecule is CNC(Cc1ccccc1)C1CCC(C)CC1. The van der Waals surface area contributed by atoms with Gasteiger partial charge in [0, 0.05) is 6.04 Å². The van der Waals surface area contributed by atoms with E-state index < -0.39 is 0 Å². The Kier molecular flexibility index (Phi) is 4.61. The second kappa shape index (κ2) is 6.20. The summed E-state index contributed by atoms with van der Waals surface area (Å²) in [6, 6.07) is 11.5. The average Bonchev–Trinajstić information content (AvgIpc) is 2.38. The Labute approximate surface area is 106 Å². The fourth-order valence-electron chi connectivity index (χ4n) is 3.06. The lowest BCUT2D eigenvalue weighted by atomic mass is 9.78. The van der Waals surface area contributed by atoms with Crippen molar-refractivity contribution in [1.29, 1.82) is 0 Å². The fourth-order valence-corrected chi connectivity index (χ4v) is 3.06. The summed E-state index contributed by atoms with van der Waals surface area (Å²) in [4.78, 5) is 0. The van der Waals surface area contributed by atoms with Gasteiger partial charge in [0.05, 0.1) is 0 Å². The van der Waals surface area contributed by atoms with Gasteiger partial charge in [-0.15, -0.1) is 0 Å². The Hall–Kier alpha value is -0.820. The quantitative estimate of drug-likeness (QED) is 0.834. The zero-order valence-electron chi connectivity index (χ0n) is 11.2. The lowest BCUT2D eigenvalue weighted by Crippen LogP contribution is -2.37. The van der Waals surface area contributed by atoms with Gasteiger partial charge in [0.25, 0.3) is 0 Å². The average molecular weight is 231 g/mol. The largest absolute Gasteiger partial charge is 0.316 e. The summed E-state index contributed by atoms with van der Waals surface area (Å²) >= 11 is 0. The molecule has 1 atom stereocenters. The third-order valence-corrected chi connectivity index (χ3v) is 4.30. The molecule has 1 nitrogen and oxygen atoms in total. The zero-order valence-corrected chi connectivity index (χ0v) is 11.2. The molecule has 1 aromatic carbocycles. The highest BCUT2D eigenvalue weighted by Crippen LogP contribution is 2.31. The first kappa shape index (κ1) is 12.6. The summed E-state index contributed by atoms with van der Waals surface area (Å²) in [7, 11) is 2.12. The predicted octanol–water partition coefficient (Wildman–Crippen LogP) is 3.64. The van der Waals surface area contributed by atoms with E-state index in [-0.39, 0.29) is 0 Å². The van der Waals surface area contributed by atoms with Gasteiger partial charge in [-0.3, -0.25) is 0 Å². The van der Waals surface area contributed by atoms with Gasteiger partial charge in [0.15, 0.2) is 0 Å². The first-order valence-electron chi connectivity index (χ1n) is 7.00. The van der Waals surface area contributed by atoms with Crippen molar-refractivity contribution < 1.29 is 0 Å². The summed E-state index contributed by atoms with van der Waals surface area (Å²) in [5, 5.41) is 3.54. The van der Waals surface area contributed by atoms with Gasteiger partial charge in [-0.25, -0.2) is 0 Å². The lowest BCUT2D eigenvalue weighted by Gasteiger charge is -2.32. The maximum absolute atomic E-state index is 3.54. The van der Waals surface area contributed by atoms with Crippen LogP contribution in [0.15, 0.2) is 30.3 Å². The fraction of sp³-hybridized carbons (Fsp3) is 0.625. The number of hydrogen-bond donors (Lipinski definition) is 1. The summed E-state index contributed by atoms with van der Waals surface area (Å²) in [5.74, 6) is 1.82. The monoisotopic (exact) mass is 231 g/mol. The summed E-state index contributed by atoms with van der Waals surface area (Å²) < 4.78 is 0. The van der Waals surface area contributed by atoms with Crippen LogP contribution >= 0.6 is 0 Å². The van der Waals surface area contributed by atoms with Gasteiger partial charge in [0.2, 0.25) is 0 Å². The summed E-state index contributed by atoms with van der Waals surface area (Å²) in [5.41, 5.74) is 1.46. The van der Waals surface area contributed by atoms with Gasteiger partial charge >= 0.3 is 0 Å². The van der Waals surface area contributed by atoms with E-state index in [9.17, 15) is 0 Å². The number of hydrogen-bond acceptors (Lipinski definition) is 1. The molecule has 0 radical (unpaired) electrons. The van der Waals surface area contributed by atoms with Crippen molar-refractivity contribution in [2.45, 2.75) is 45.1 Å². The second-order valence-corrected chi connectivity index (χ2v) is 5.60. The molecule has 1 heteroatoms. The molecule has 2 rings (SSSR count). The number of benzene rings is 1. The van der Waals surface area contributed by atoms with Crippen molar-refractivity contribution in [3.8, 4) is 0 Å². The van der Waals surface area contributed by atoms with Crippen LogP contribution in [0.25, 0.3) is 0 Å². The maximum atomic E-state index is 3.54. The third-order valence-electron chi connectivity index (χ3n) is 4.30. The van der Waals surface area contributed by atoms with E-state index in [0.29, 0.717) is 6.04 Å². The Morgan fingerprint density at radius 3 is 2.35 bits per heavy atom. The van der Waals surface area contributed by atoms with Crippen molar-refractivity contribution in [1.82, 2.24) is 5.32 Å². The molecule has 0 spiro atoms. The van der Waals surface area contributed by atoms with E-state index in [2.05, 4.69) is 49.6 Å². The van der Waals surface area contributed by atoms with Gasteiger partial charge in [-0.05, 0) is 43.7 Å². The molecule has 0 heterocycles. The van der Waals surface area contributed by atoms with Crippen LogP contribution in [0, 0.1) is 11.8 Å². The normalized spacial score (nSPS) is 26.7. The molecule has 0 amide bonds. The molecule has 0 aliphatic heterocycles. The van der Waals surface area contributed by atoms with E-state index in [1.165, 1.54) is 37.7 Å². The second-order valence-electron chi connectivity index (χ2n) is 5.60. The van der Waals surface area contributed by atoms with Crippen LogP contribution in [0.5, 0.6) is 0 Å². The highest BCUT2D eigenvalue weighted by Gasteiger charge is 2.24. The molecule has 0 bridgehead atoms.